The maximum absolute atomic E-state index is 14.5. The van der Waals surface area contributed by atoms with Crippen LogP contribution in [0.15, 0.2) is 50.6 Å². The second kappa shape index (κ2) is 6.91. The van der Waals surface area contributed by atoms with Gasteiger partial charge in [-0.15, -0.1) is 11.8 Å². The number of hydrogen-bond donors (Lipinski definition) is 0. The van der Waals surface area contributed by atoms with E-state index in [4.69, 9.17) is 21.3 Å². The van der Waals surface area contributed by atoms with Crippen molar-refractivity contribution in [2.75, 3.05) is 19.3 Å². The zero-order valence-electron chi connectivity index (χ0n) is 14.3. The topological polar surface area (TPSA) is 37.2 Å². The second-order valence-electron chi connectivity index (χ2n) is 6.33. The molecule has 0 aromatic heterocycles. The van der Waals surface area contributed by atoms with Gasteiger partial charge in [-0.05, 0) is 24.1 Å². The number of benzene rings is 1. The molecule has 4 nitrogen and oxygen atoms in total. The SMILES string of the molecule is C/N=C\C1=CN2C[C@@]3(CCSc4c3ccc(Cl)c4F)N=C2C(OC(F)F)=C1. The van der Waals surface area contributed by atoms with Crippen LogP contribution in [0.25, 0.3) is 0 Å². The van der Waals surface area contributed by atoms with Gasteiger partial charge in [0.2, 0.25) is 0 Å². The van der Waals surface area contributed by atoms with Gasteiger partial charge in [-0.2, -0.15) is 8.78 Å². The minimum absolute atomic E-state index is 0.0199. The van der Waals surface area contributed by atoms with E-state index in [0.717, 1.165) is 5.56 Å². The van der Waals surface area contributed by atoms with Gasteiger partial charge >= 0.3 is 6.61 Å². The van der Waals surface area contributed by atoms with Gasteiger partial charge in [0.15, 0.2) is 17.4 Å². The molecule has 0 unspecified atom stereocenters. The molecule has 0 saturated heterocycles. The summed E-state index contributed by atoms with van der Waals surface area (Å²) in [5.41, 5.74) is 0.608. The van der Waals surface area contributed by atoms with Crippen molar-refractivity contribution in [2.45, 2.75) is 23.5 Å². The lowest BCUT2D eigenvalue weighted by molar-refractivity contribution is -0.0906. The third-order valence-corrected chi connectivity index (χ3v) is 6.04. The summed E-state index contributed by atoms with van der Waals surface area (Å²) in [6, 6.07) is 3.28. The van der Waals surface area contributed by atoms with Crippen molar-refractivity contribution in [1.82, 2.24) is 4.90 Å². The molecule has 0 N–H and O–H groups in total. The van der Waals surface area contributed by atoms with Gasteiger partial charge in [0.1, 0.15) is 5.54 Å². The fourth-order valence-electron chi connectivity index (χ4n) is 3.57. The van der Waals surface area contributed by atoms with Crippen LogP contribution >= 0.6 is 23.4 Å². The van der Waals surface area contributed by atoms with Gasteiger partial charge < -0.3 is 9.64 Å². The zero-order chi connectivity index (χ0) is 19.2. The first-order chi connectivity index (χ1) is 12.9. The van der Waals surface area contributed by atoms with Crippen molar-refractivity contribution >= 4 is 35.4 Å². The number of rotatable bonds is 3. The van der Waals surface area contributed by atoms with Crippen LogP contribution in [0.5, 0.6) is 0 Å². The summed E-state index contributed by atoms with van der Waals surface area (Å²) in [5.74, 6) is 0.485. The molecule has 4 rings (SSSR count). The monoisotopic (exact) mass is 413 g/mol. The van der Waals surface area contributed by atoms with Crippen LogP contribution in [0, 0.1) is 5.82 Å². The Kier molecular flexibility index (Phi) is 4.71. The van der Waals surface area contributed by atoms with Gasteiger partial charge in [-0.3, -0.25) is 9.98 Å². The number of ether oxygens (including phenoxy) is 1. The fourth-order valence-corrected chi connectivity index (χ4v) is 5.08. The average Bonchev–Trinajstić information content (AvgIpc) is 2.97. The molecule has 1 atom stereocenters. The number of halogens is 4. The molecule has 0 amide bonds. The van der Waals surface area contributed by atoms with Gasteiger partial charge in [0.05, 0.1) is 16.5 Å². The van der Waals surface area contributed by atoms with Gasteiger partial charge in [-0.25, -0.2) is 4.39 Å². The molecule has 142 valence electrons. The van der Waals surface area contributed by atoms with Crippen molar-refractivity contribution in [2.24, 2.45) is 9.98 Å². The summed E-state index contributed by atoms with van der Waals surface area (Å²) in [6.07, 6.45) is 5.47. The highest BCUT2D eigenvalue weighted by Gasteiger charge is 2.46. The van der Waals surface area contributed by atoms with Crippen LogP contribution in [0.2, 0.25) is 5.02 Å². The average molecular weight is 414 g/mol. The highest BCUT2D eigenvalue weighted by atomic mass is 35.5. The molecule has 0 saturated carbocycles. The maximum Gasteiger partial charge on any atom is 0.387 e. The summed E-state index contributed by atoms with van der Waals surface area (Å²) in [5, 5.41) is 0.0598. The Morgan fingerprint density at radius 2 is 2.26 bits per heavy atom. The molecule has 0 aliphatic carbocycles. The summed E-state index contributed by atoms with van der Waals surface area (Å²) in [4.78, 5) is 10.9. The van der Waals surface area contributed by atoms with E-state index in [2.05, 4.69) is 4.99 Å². The van der Waals surface area contributed by atoms with Crippen LogP contribution in [0.3, 0.4) is 0 Å². The van der Waals surface area contributed by atoms with Crippen molar-refractivity contribution < 1.29 is 17.9 Å². The molecule has 3 aliphatic heterocycles. The zero-order valence-corrected chi connectivity index (χ0v) is 15.8. The van der Waals surface area contributed by atoms with E-state index in [1.54, 1.807) is 30.4 Å². The molecular formula is C18H15ClF3N3OS. The van der Waals surface area contributed by atoms with Crippen molar-refractivity contribution in [3.05, 3.63) is 52.1 Å². The van der Waals surface area contributed by atoms with E-state index in [1.807, 2.05) is 0 Å². The van der Waals surface area contributed by atoms with Crippen LogP contribution in [-0.4, -0.2) is 42.9 Å². The maximum atomic E-state index is 14.5. The summed E-state index contributed by atoms with van der Waals surface area (Å²) in [7, 11) is 1.60. The van der Waals surface area contributed by atoms with E-state index >= 15 is 0 Å². The van der Waals surface area contributed by atoms with Crippen LogP contribution in [0.4, 0.5) is 13.2 Å². The van der Waals surface area contributed by atoms with Crippen LogP contribution in [0.1, 0.15) is 12.0 Å². The molecule has 1 aromatic rings. The molecule has 3 aliphatic rings. The quantitative estimate of drug-likeness (QED) is 0.679. The first-order valence-corrected chi connectivity index (χ1v) is 9.58. The number of fused-ring (bicyclic) bond motifs is 3. The number of alkyl halides is 2. The number of nitrogens with zero attached hydrogens (tertiary/aromatic N) is 3. The number of thioether (sulfide) groups is 1. The number of allylic oxidation sites excluding steroid dienone is 2. The first-order valence-electron chi connectivity index (χ1n) is 8.22. The Labute approximate surface area is 163 Å². The highest BCUT2D eigenvalue weighted by Crippen LogP contribution is 2.48. The fraction of sp³-hybridized carbons (Fsp3) is 0.333. The molecule has 1 spiro atoms. The standard InChI is InChI=1S/C18H15ClF3N3OS/c1-23-7-10-6-13(26-17(21)22)16-24-18(9-25(16)8-10)4-5-27-15-11(18)2-3-12(19)14(15)20/h2-3,6-8,17H,4-5,9H2,1H3/b23-7-/t18-/m1/s1. The van der Waals surface area contributed by atoms with Gasteiger partial charge in [0.25, 0.3) is 0 Å². The Balaban J connectivity index is 1.81. The lowest BCUT2D eigenvalue weighted by Gasteiger charge is -2.33. The van der Waals surface area contributed by atoms with Crippen LogP contribution < -0.4 is 0 Å². The Bertz CT molecular complexity index is 915. The van der Waals surface area contributed by atoms with E-state index in [0.29, 0.717) is 35.0 Å². The van der Waals surface area contributed by atoms with Crippen molar-refractivity contribution in [3.8, 4) is 0 Å². The Hall–Kier alpha value is -1.93. The first kappa shape index (κ1) is 18.4. The molecular weight excluding hydrogens is 399 g/mol. The second-order valence-corrected chi connectivity index (χ2v) is 7.85. The molecule has 1 aromatic carbocycles. The van der Waals surface area contributed by atoms with E-state index in [1.165, 1.54) is 23.9 Å². The van der Waals surface area contributed by atoms with E-state index < -0.39 is 18.0 Å². The van der Waals surface area contributed by atoms with Crippen LogP contribution in [-0.2, 0) is 10.3 Å². The highest BCUT2D eigenvalue weighted by molar-refractivity contribution is 7.99. The summed E-state index contributed by atoms with van der Waals surface area (Å²) >= 11 is 7.32. The molecule has 9 heteroatoms. The molecule has 0 bridgehead atoms. The predicted molar refractivity (Wildman–Crippen MR) is 100 cm³/mol. The lowest BCUT2D eigenvalue weighted by Crippen LogP contribution is -2.35. The van der Waals surface area contributed by atoms with E-state index in [-0.39, 0.29) is 10.8 Å². The molecule has 0 radical (unpaired) electrons. The number of hydrogen-bond acceptors (Lipinski definition) is 5. The third kappa shape index (κ3) is 3.14. The third-order valence-electron chi connectivity index (χ3n) is 4.65. The normalized spacial score (nSPS) is 24.1. The molecule has 3 heterocycles. The minimum Gasteiger partial charge on any atom is -0.431 e. The largest absolute Gasteiger partial charge is 0.431 e. The summed E-state index contributed by atoms with van der Waals surface area (Å²) in [6.45, 7) is -2.57. The lowest BCUT2D eigenvalue weighted by atomic mass is 9.87. The van der Waals surface area contributed by atoms with Crippen molar-refractivity contribution in [3.63, 3.8) is 0 Å². The minimum atomic E-state index is -2.97. The van der Waals surface area contributed by atoms with E-state index in [9.17, 15) is 13.2 Å². The van der Waals surface area contributed by atoms with Gasteiger partial charge in [0, 0.05) is 30.8 Å². The molecule has 27 heavy (non-hydrogen) atoms. The summed E-state index contributed by atoms with van der Waals surface area (Å²) < 4.78 is 45.0. The Morgan fingerprint density at radius 1 is 1.44 bits per heavy atom. The Morgan fingerprint density at radius 3 is 3.00 bits per heavy atom. The molecule has 0 fully saturated rings. The predicted octanol–water partition coefficient (Wildman–Crippen LogP) is 4.61. The van der Waals surface area contributed by atoms with Gasteiger partial charge in [-0.1, -0.05) is 17.7 Å². The number of aliphatic imine (C=N–C) groups is 2. The number of amidine groups is 1. The smallest absolute Gasteiger partial charge is 0.387 e. The van der Waals surface area contributed by atoms with Crippen molar-refractivity contribution in [1.29, 1.82) is 0 Å².